The van der Waals surface area contributed by atoms with Crippen molar-refractivity contribution in [3.05, 3.63) is 95.6 Å². The largest absolute Gasteiger partial charge is 0.376 e. The zero-order valence-electron chi connectivity index (χ0n) is 16.8. The van der Waals surface area contributed by atoms with Crippen LogP contribution in [0.2, 0.25) is 0 Å². The van der Waals surface area contributed by atoms with Gasteiger partial charge in [0.15, 0.2) is 0 Å². The van der Waals surface area contributed by atoms with E-state index in [1.54, 1.807) is 6.07 Å². The number of hydrogen-bond acceptors (Lipinski definition) is 3. The van der Waals surface area contributed by atoms with Crippen LogP contribution >= 0.6 is 0 Å². The van der Waals surface area contributed by atoms with Gasteiger partial charge in [-0.15, -0.1) is 0 Å². The third-order valence-electron chi connectivity index (χ3n) is 5.44. The van der Waals surface area contributed by atoms with E-state index in [1.165, 1.54) is 0 Å². The maximum absolute atomic E-state index is 13.3. The molecule has 0 radical (unpaired) electrons. The van der Waals surface area contributed by atoms with Crippen LogP contribution in [0.15, 0.2) is 78.9 Å². The second-order valence-corrected chi connectivity index (χ2v) is 7.54. The predicted octanol–water partition coefficient (Wildman–Crippen LogP) is 5.05. The summed E-state index contributed by atoms with van der Waals surface area (Å²) in [6, 6.07) is 27.3. The van der Waals surface area contributed by atoms with E-state index in [9.17, 15) is 10.1 Å². The molecule has 0 N–H and O–H groups in total. The summed E-state index contributed by atoms with van der Waals surface area (Å²) < 4.78 is 5.79. The molecule has 4 rings (SSSR count). The molecule has 1 aliphatic heterocycles. The summed E-state index contributed by atoms with van der Waals surface area (Å²) in [5, 5.41) is 9.35. The highest BCUT2D eigenvalue weighted by atomic mass is 16.5. The topological polar surface area (TPSA) is 53.3 Å². The Morgan fingerprint density at radius 2 is 1.73 bits per heavy atom. The molecule has 1 saturated heterocycles. The van der Waals surface area contributed by atoms with Crippen molar-refractivity contribution in [1.82, 2.24) is 4.90 Å². The van der Waals surface area contributed by atoms with Gasteiger partial charge in [0.25, 0.3) is 5.91 Å². The van der Waals surface area contributed by atoms with Crippen LogP contribution in [0.1, 0.15) is 34.3 Å². The summed E-state index contributed by atoms with van der Waals surface area (Å²) in [4.78, 5) is 15.2. The number of ether oxygens (including phenoxy) is 1. The van der Waals surface area contributed by atoms with Crippen LogP contribution in [-0.4, -0.2) is 30.1 Å². The van der Waals surface area contributed by atoms with Crippen molar-refractivity contribution in [2.24, 2.45) is 0 Å². The van der Waals surface area contributed by atoms with Gasteiger partial charge >= 0.3 is 0 Å². The van der Waals surface area contributed by atoms with Gasteiger partial charge in [-0.25, -0.2) is 0 Å². The van der Waals surface area contributed by atoms with Gasteiger partial charge in [-0.3, -0.25) is 4.79 Å². The van der Waals surface area contributed by atoms with Crippen LogP contribution in [-0.2, 0) is 11.3 Å². The number of amides is 1. The van der Waals surface area contributed by atoms with E-state index in [4.69, 9.17) is 4.74 Å². The van der Waals surface area contributed by atoms with E-state index in [-0.39, 0.29) is 12.0 Å². The highest BCUT2D eigenvalue weighted by Gasteiger charge is 2.23. The number of nitriles is 1. The third kappa shape index (κ3) is 4.59. The summed E-state index contributed by atoms with van der Waals surface area (Å²) in [6.45, 7) is 1.91. The van der Waals surface area contributed by atoms with E-state index in [1.807, 2.05) is 77.7 Å². The van der Waals surface area contributed by atoms with Crippen LogP contribution in [0.25, 0.3) is 11.1 Å². The molecule has 1 atom stereocenters. The predicted molar refractivity (Wildman–Crippen MR) is 117 cm³/mol. The molecule has 0 bridgehead atoms. The molecule has 1 heterocycles. The Kier molecular flexibility index (Phi) is 6.22. The van der Waals surface area contributed by atoms with Gasteiger partial charge in [-0.1, -0.05) is 60.7 Å². The minimum atomic E-state index is -0.00512. The molecular formula is C26H24N2O2. The lowest BCUT2D eigenvalue weighted by Gasteiger charge is -2.26. The van der Waals surface area contributed by atoms with Crippen molar-refractivity contribution >= 4 is 5.91 Å². The van der Waals surface area contributed by atoms with Gasteiger partial charge in [-0.2, -0.15) is 5.26 Å². The Labute approximate surface area is 177 Å². The van der Waals surface area contributed by atoms with Crippen molar-refractivity contribution in [3.63, 3.8) is 0 Å². The van der Waals surface area contributed by atoms with Crippen LogP contribution < -0.4 is 0 Å². The van der Waals surface area contributed by atoms with E-state index in [0.29, 0.717) is 24.2 Å². The summed E-state index contributed by atoms with van der Waals surface area (Å²) >= 11 is 0. The molecule has 0 aliphatic carbocycles. The van der Waals surface area contributed by atoms with E-state index < -0.39 is 0 Å². The molecule has 4 nitrogen and oxygen atoms in total. The average Bonchev–Trinajstić information content (AvgIpc) is 3.32. The molecule has 0 spiro atoms. The second-order valence-electron chi connectivity index (χ2n) is 7.54. The van der Waals surface area contributed by atoms with Crippen LogP contribution in [0, 0.1) is 11.3 Å². The van der Waals surface area contributed by atoms with Gasteiger partial charge in [0.2, 0.25) is 0 Å². The Morgan fingerprint density at radius 3 is 2.43 bits per heavy atom. The molecule has 0 aromatic heterocycles. The standard InChI is InChI=1S/C26H24N2O2/c27-17-23-9-4-5-11-25(23)21-12-14-22(15-13-21)26(29)28(19-24-10-6-16-30-24)18-20-7-2-1-3-8-20/h1-5,7-9,11-15,24H,6,10,16,18-19H2. The normalized spacial score (nSPS) is 15.5. The quantitative estimate of drug-likeness (QED) is 0.586. The van der Waals surface area contributed by atoms with Gasteiger partial charge < -0.3 is 9.64 Å². The molecular weight excluding hydrogens is 372 g/mol. The first kappa shape index (κ1) is 19.9. The molecule has 3 aromatic carbocycles. The smallest absolute Gasteiger partial charge is 0.254 e. The summed E-state index contributed by atoms with van der Waals surface area (Å²) in [6.07, 6.45) is 2.13. The van der Waals surface area contributed by atoms with E-state index in [2.05, 4.69) is 6.07 Å². The highest BCUT2D eigenvalue weighted by Crippen LogP contribution is 2.24. The van der Waals surface area contributed by atoms with Gasteiger partial charge in [0, 0.05) is 25.3 Å². The van der Waals surface area contributed by atoms with Gasteiger partial charge in [-0.05, 0) is 47.7 Å². The first-order valence-electron chi connectivity index (χ1n) is 10.3. The van der Waals surface area contributed by atoms with Crippen molar-refractivity contribution < 1.29 is 9.53 Å². The molecule has 1 aliphatic rings. The summed E-state index contributed by atoms with van der Waals surface area (Å²) in [5.74, 6) is -0.00512. The number of carbonyl (C=O) groups is 1. The first-order valence-corrected chi connectivity index (χ1v) is 10.3. The van der Waals surface area contributed by atoms with E-state index in [0.717, 1.165) is 36.1 Å². The van der Waals surface area contributed by atoms with Crippen molar-refractivity contribution in [2.75, 3.05) is 13.2 Å². The second kappa shape index (κ2) is 9.39. The minimum Gasteiger partial charge on any atom is -0.376 e. The van der Waals surface area contributed by atoms with E-state index >= 15 is 0 Å². The Balaban J connectivity index is 1.56. The van der Waals surface area contributed by atoms with Crippen LogP contribution in [0.3, 0.4) is 0 Å². The van der Waals surface area contributed by atoms with Crippen molar-refractivity contribution in [1.29, 1.82) is 5.26 Å². The Bertz CT molecular complexity index is 1030. The molecule has 4 heteroatoms. The van der Waals surface area contributed by atoms with Crippen molar-refractivity contribution in [2.45, 2.75) is 25.5 Å². The zero-order chi connectivity index (χ0) is 20.8. The monoisotopic (exact) mass is 396 g/mol. The Hall–Kier alpha value is -3.42. The number of nitrogens with zero attached hydrogens (tertiary/aromatic N) is 2. The number of carbonyl (C=O) groups excluding carboxylic acids is 1. The zero-order valence-corrected chi connectivity index (χ0v) is 16.8. The molecule has 1 amide bonds. The maximum Gasteiger partial charge on any atom is 0.254 e. The average molecular weight is 396 g/mol. The van der Waals surface area contributed by atoms with Gasteiger partial charge in [0.1, 0.15) is 0 Å². The lowest BCUT2D eigenvalue weighted by molar-refractivity contribution is 0.0507. The molecule has 1 unspecified atom stereocenters. The molecule has 30 heavy (non-hydrogen) atoms. The number of benzene rings is 3. The number of hydrogen-bond donors (Lipinski definition) is 0. The van der Waals surface area contributed by atoms with Crippen molar-refractivity contribution in [3.8, 4) is 17.2 Å². The third-order valence-corrected chi connectivity index (χ3v) is 5.44. The molecule has 150 valence electrons. The maximum atomic E-state index is 13.3. The molecule has 0 saturated carbocycles. The molecule has 3 aromatic rings. The highest BCUT2D eigenvalue weighted by molar-refractivity contribution is 5.94. The van der Waals surface area contributed by atoms with Crippen LogP contribution in [0.5, 0.6) is 0 Å². The number of rotatable bonds is 6. The fourth-order valence-corrected chi connectivity index (χ4v) is 3.86. The van der Waals surface area contributed by atoms with Crippen LogP contribution in [0.4, 0.5) is 0 Å². The lowest BCUT2D eigenvalue weighted by atomic mass is 9.99. The minimum absolute atomic E-state index is 0.00512. The fourth-order valence-electron chi connectivity index (χ4n) is 3.86. The summed E-state index contributed by atoms with van der Waals surface area (Å²) in [5.41, 5.74) is 4.17. The first-order chi connectivity index (χ1) is 14.7. The Morgan fingerprint density at radius 1 is 1.00 bits per heavy atom. The molecule has 1 fully saturated rings. The SMILES string of the molecule is N#Cc1ccccc1-c1ccc(C(=O)N(Cc2ccccc2)CC2CCCO2)cc1. The lowest BCUT2D eigenvalue weighted by Crippen LogP contribution is -2.36. The summed E-state index contributed by atoms with van der Waals surface area (Å²) in [7, 11) is 0. The fraction of sp³-hybridized carbons (Fsp3) is 0.231. The van der Waals surface area contributed by atoms with Gasteiger partial charge in [0.05, 0.1) is 17.7 Å².